The lowest BCUT2D eigenvalue weighted by Crippen LogP contribution is -2.71. The van der Waals surface area contributed by atoms with Crippen molar-refractivity contribution in [2.45, 2.75) is 49.2 Å². The Morgan fingerprint density at radius 1 is 1.22 bits per heavy atom. The van der Waals surface area contributed by atoms with Crippen molar-refractivity contribution in [3.63, 3.8) is 0 Å². The number of amides is 3. The number of carboxylic acid groups (broad SMARTS) is 2. The summed E-state index contributed by atoms with van der Waals surface area (Å²) in [5.41, 5.74) is 3.35. The number of phenolic OH excluding ortho intramolecular Hbond substituents is 2. The van der Waals surface area contributed by atoms with E-state index in [9.17, 15) is 44.4 Å². The minimum Gasteiger partial charge on any atom is -0.504 e. The molecular weight excluding hydrogens is 718 g/mol. The average molecular weight is 751 g/mol. The Hall–Kier alpha value is -4.59. The van der Waals surface area contributed by atoms with Crippen molar-refractivity contribution in [1.82, 2.24) is 20.5 Å². The number of carbonyl (C=O) groups excluding carboxylic acids is 3. The minimum atomic E-state index is -1.79. The summed E-state index contributed by atoms with van der Waals surface area (Å²) in [4.78, 5) is 74.5. The molecule has 2 bridgehead atoms. The maximum absolute atomic E-state index is 13.5. The number of phenols is 2. The number of hydrogen-bond acceptors (Lipinski definition) is 13. The molecule has 20 heteroatoms. The Balaban J connectivity index is 1.16. The molecule has 3 saturated heterocycles. The number of thiazole rings is 1. The van der Waals surface area contributed by atoms with E-state index < -0.39 is 69.4 Å². The zero-order valence-electron chi connectivity index (χ0n) is 26.6. The molecule has 50 heavy (non-hydrogen) atoms. The summed E-state index contributed by atoms with van der Waals surface area (Å²) in [6.45, 7) is 4.62. The lowest BCUT2D eigenvalue weighted by atomic mass is 9.94. The molecule has 3 fully saturated rings. The molecule has 6 rings (SSSR count). The van der Waals surface area contributed by atoms with Gasteiger partial charge >= 0.3 is 11.9 Å². The minimum absolute atomic E-state index is 0.00116. The largest absolute Gasteiger partial charge is 0.504 e. The number of nitrogens with zero attached hydrogens (tertiary/aromatic N) is 4. The summed E-state index contributed by atoms with van der Waals surface area (Å²) >= 11 is 8.42. The number of anilines is 1. The molecule has 0 saturated carbocycles. The first kappa shape index (κ1) is 35.2. The third-order valence-electron chi connectivity index (χ3n) is 9.41. The third-order valence-corrected chi connectivity index (χ3v) is 11.8. The lowest BCUT2D eigenvalue weighted by Gasteiger charge is -2.50. The van der Waals surface area contributed by atoms with E-state index in [1.165, 1.54) is 43.1 Å². The van der Waals surface area contributed by atoms with Gasteiger partial charge in [-0.05, 0) is 26.0 Å². The molecule has 8 N–H and O–H groups in total. The zero-order chi connectivity index (χ0) is 36.3. The van der Waals surface area contributed by atoms with Crippen molar-refractivity contribution in [3.8, 4) is 11.5 Å². The van der Waals surface area contributed by atoms with Gasteiger partial charge in [-0.1, -0.05) is 16.8 Å². The number of nitrogens with one attached hydrogen (secondary N) is 2. The van der Waals surface area contributed by atoms with Gasteiger partial charge in [0, 0.05) is 29.5 Å². The van der Waals surface area contributed by atoms with Gasteiger partial charge in [-0.25, -0.2) is 14.6 Å². The van der Waals surface area contributed by atoms with E-state index in [1.807, 2.05) is 0 Å². The molecular formula is C30H33ClN7O10S2+. The van der Waals surface area contributed by atoms with Crippen molar-refractivity contribution < 1.29 is 53.7 Å². The van der Waals surface area contributed by atoms with Crippen LogP contribution >= 0.6 is 34.7 Å². The summed E-state index contributed by atoms with van der Waals surface area (Å²) in [5.74, 6) is -5.43. The summed E-state index contributed by atoms with van der Waals surface area (Å²) in [6.07, 6.45) is 1.23. The van der Waals surface area contributed by atoms with Gasteiger partial charge in [0.25, 0.3) is 17.7 Å². The number of carboxylic acids is 2. The number of fused-ring (bicyclic) bond motifs is 3. The Morgan fingerprint density at radius 2 is 1.92 bits per heavy atom. The molecule has 3 amide bonds. The number of aromatic hydroxyl groups is 2. The molecule has 2 aromatic rings. The van der Waals surface area contributed by atoms with Crippen LogP contribution in [-0.4, -0.2) is 125 Å². The summed E-state index contributed by atoms with van der Waals surface area (Å²) in [5, 5.41) is 49.2. The molecule has 0 aliphatic carbocycles. The smallest absolute Gasteiger partial charge is 0.352 e. The van der Waals surface area contributed by atoms with E-state index in [2.05, 4.69) is 20.8 Å². The monoisotopic (exact) mass is 750 g/mol. The normalized spacial score (nSPS) is 25.9. The highest BCUT2D eigenvalue weighted by atomic mass is 35.5. The van der Waals surface area contributed by atoms with Crippen LogP contribution in [0.25, 0.3) is 0 Å². The average Bonchev–Trinajstić information content (AvgIpc) is 3.75. The number of thioether (sulfide) groups is 1. The van der Waals surface area contributed by atoms with Gasteiger partial charge in [0.15, 0.2) is 22.3 Å². The molecule has 5 heterocycles. The summed E-state index contributed by atoms with van der Waals surface area (Å²) in [6, 6.07) is 1.39. The number of benzene rings is 1. The summed E-state index contributed by atoms with van der Waals surface area (Å²) < 4.78 is 0.498. The van der Waals surface area contributed by atoms with E-state index in [0.717, 1.165) is 16.2 Å². The molecule has 4 aliphatic rings. The zero-order valence-corrected chi connectivity index (χ0v) is 29.0. The predicted molar refractivity (Wildman–Crippen MR) is 179 cm³/mol. The maximum atomic E-state index is 13.5. The predicted octanol–water partition coefficient (Wildman–Crippen LogP) is 0.905. The fraction of sp³-hybridized carbons (Fsp3) is 0.433. The Bertz CT molecular complexity index is 1890. The van der Waals surface area contributed by atoms with Gasteiger partial charge in [0.1, 0.15) is 35.9 Å². The number of quaternary nitrogens is 1. The Morgan fingerprint density at radius 3 is 2.54 bits per heavy atom. The summed E-state index contributed by atoms with van der Waals surface area (Å²) in [7, 11) is 0. The van der Waals surface area contributed by atoms with Crippen LogP contribution in [0.1, 0.15) is 42.7 Å². The number of nitrogens with two attached hydrogens (primary N) is 1. The van der Waals surface area contributed by atoms with E-state index in [4.69, 9.17) is 22.2 Å². The highest BCUT2D eigenvalue weighted by Gasteiger charge is 2.59. The van der Waals surface area contributed by atoms with E-state index in [1.54, 1.807) is 0 Å². The van der Waals surface area contributed by atoms with Crippen LogP contribution in [0, 0.1) is 0 Å². The van der Waals surface area contributed by atoms with Gasteiger partial charge < -0.3 is 46.1 Å². The van der Waals surface area contributed by atoms with Gasteiger partial charge in [0.05, 0.1) is 29.2 Å². The molecule has 0 radical (unpaired) electrons. The Kier molecular flexibility index (Phi) is 8.90. The number of aliphatic carboxylic acids is 2. The van der Waals surface area contributed by atoms with Crippen LogP contribution in [0.2, 0.25) is 5.02 Å². The van der Waals surface area contributed by atoms with Crippen molar-refractivity contribution in [2.75, 3.05) is 37.7 Å². The number of piperidine rings is 1. The maximum Gasteiger partial charge on any atom is 0.352 e. The topological polar surface area (TPSA) is 254 Å². The van der Waals surface area contributed by atoms with Gasteiger partial charge in [-0.3, -0.25) is 19.3 Å². The lowest BCUT2D eigenvalue weighted by molar-refractivity contribution is -0.904. The molecule has 1 aromatic heterocycles. The number of aromatic nitrogens is 1. The standard InChI is InChI=1S/C30H32ClN7O10S2/c1-29(2,27(46)47)48-36-18(15-11-50-28(32)33-15)23(42)34-19-24(43)37-20(26(44)45)13(10-49-25(19)37)9-38-7-5-30(12-38,6-8-38)35-22(41)14-3-4-16(39)21(40)17(14)31/h3-4,11,19,25H,5-10,12H2,1-2H3,(H7-,32,33,34,35,36,39,40,41,42,44,45,46,47)/p+1/t19-,25-,30?,38?/m1/s1. The van der Waals surface area contributed by atoms with Crippen molar-refractivity contribution in [3.05, 3.63) is 45.1 Å². The van der Waals surface area contributed by atoms with Gasteiger partial charge in [0.2, 0.25) is 5.60 Å². The number of rotatable bonds is 11. The van der Waals surface area contributed by atoms with E-state index >= 15 is 0 Å². The van der Waals surface area contributed by atoms with Gasteiger partial charge in [-0.2, -0.15) is 0 Å². The highest BCUT2D eigenvalue weighted by molar-refractivity contribution is 8.00. The molecule has 0 spiro atoms. The number of nitrogen functional groups attached to an aromatic ring is 1. The Labute approximate surface area is 297 Å². The van der Waals surface area contributed by atoms with Crippen LogP contribution in [0.5, 0.6) is 11.5 Å². The van der Waals surface area contributed by atoms with Crippen LogP contribution in [0.4, 0.5) is 5.13 Å². The number of hydrogen-bond donors (Lipinski definition) is 7. The number of β-lactam (4-membered cyclic amide) rings is 1. The highest BCUT2D eigenvalue weighted by Crippen LogP contribution is 2.45. The van der Waals surface area contributed by atoms with Crippen LogP contribution in [0.3, 0.4) is 0 Å². The second kappa shape index (κ2) is 12.6. The molecule has 2 atom stereocenters. The second-order valence-electron chi connectivity index (χ2n) is 13.2. The first-order valence-electron chi connectivity index (χ1n) is 15.3. The fourth-order valence-corrected chi connectivity index (χ4v) is 8.86. The number of oxime groups is 1. The van der Waals surface area contributed by atoms with E-state index in [0.29, 0.717) is 49.1 Å². The van der Waals surface area contributed by atoms with Gasteiger partial charge in [-0.15, -0.1) is 23.1 Å². The number of halogens is 1. The molecule has 266 valence electrons. The van der Waals surface area contributed by atoms with Crippen molar-refractivity contribution in [1.29, 1.82) is 0 Å². The third kappa shape index (κ3) is 6.18. The van der Waals surface area contributed by atoms with E-state index in [-0.39, 0.29) is 32.9 Å². The molecule has 17 nitrogen and oxygen atoms in total. The first-order chi connectivity index (χ1) is 23.5. The second-order valence-corrected chi connectivity index (χ2v) is 15.5. The van der Waals surface area contributed by atoms with Crippen LogP contribution in [-0.2, 0) is 24.0 Å². The first-order valence-corrected chi connectivity index (χ1v) is 17.6. The van der Waals surface area contributed by atoms with Crippen molar-refractivity contribution >= 4 is 75.2 Å². The number of carbonyl (C=O) groups is 5. The fourth-order valence-electron chi connectivity index (χ4n) is 6.73. The molecule has 0 unspecified atom stereocenters. The quantitative estimate of drug-likeness (QED) is 0.0555. The SMILES string of the molecule is CC(C)(O/N=C(\C(=O)N[C@@H]1C(=O)N2C(C(=O)O)=C(C[N+]34CCC(NC(=O)c5ccc(O)c(O)c5Cl)(CC3)C4)CS[C@H]12)c1csc(N)n1)C(=O)O. The van der Waals surface area contributed by atoms with Crippen molar-refractivity contribution in [2.24, 2.45) is 5.16 Å². The van der Waals surface area contributed by atoms with Crippen LogP contribution in [0.15, 0.2) is 33.9 Å². The molecule has 1 aromatic carbocycles. The van der Waals surface area contributed by atoms with Crippen LogP contribution < -0.4 is 16.4 Å². The molecule has 4 aliphatic heterocycles.